The molecule has 0 aliphatic heterocycles. The lowest BCUT2D eigenvalue weighted by Crippen LogP contribution is -2.15. The summed E-state index contributed by atoms with van der Waals surface area (Å²) < 4.78 is 6.34. The first kappa shape index (κ1) is 11.5. The quantitative estimate of drug-likeness (QED) is 0.875. The molecule has 0 spiro atoms. The Morgan fingerprint density at radius 2 is 2.36 bits per heavy atom. The van der Waals surface area contributed by atoms with E-state index in [4.69, 9.17) is 4.42 Å². The summed E-state index contributed by atoms with van der Waals surface area (Å²) in [5, 5.41) is 3.31. The molecule has 0 amide bonds. The summed E-state index contributed by atoms with van der Waals surface area (Å²) in [6, 6.07) is 1.91. The monoisotopic (exact) mass is 257 g/mol. The third-order valence-electron chi connectivity index (χ3n) is 2.04. The van der Waals surface area contributed by atoms with Gasteiger partial charge in [-0.15, -0.1) is 0 Å². The van der Waals surface area contributed by atoms with E-state index in [2.05, 4.69) is 41.2 Å². The van der Waals surface area contributed by atoms with Crippen molar-refractivity contribution in [2.75, 3.05) is 13.1 Å². The molecule has 0 aliphatic carbocycles. The minimum Gasteiger partial charge on any atom is -0.464 e. The van der Waals surface area contributed by atoms with Gasteiger partial charge in [-0.25, -0.2) is 0 Å². The van der Waals surface area contributed by atoms with Crippen molar-refractivity contribution in [1.82, 2.24) is 5.32 Å². The highest BCUT2D eigenvalue weighted by molar-refractivity contribution is 9.10. The van der Waals surface area contributed by atoms with Crippen LogP contribution in [0.25, 0.3) is 6.08 Å². The largest absolute Gasteiger partial charge is 0.464 e. The Morgan fingerprint density at radius 3 is 2.86 bits per heavy atom. The van der Waals surface area contributed by atoms with Crippen LogP contribution in [0, 0.1) is 0 Å². The predicted molar refractivity (Wildman–Crippen MR) is 63.2 cm³/mol. The summed E-state index contributed by atoms with van der Waals surface area (Å²) >= 11 is 3.43. The van der Waals surface area contributed by atoms with Crippen LogP contribution in [0.2, 0.25) is 0 Å². The number of hydrogen-bond acceptors (Lipinski definition) is 2. The Labute approximate surface area is 93.5 Å². The Hall–Kier alpha value is -0.540. The lowest BCUT2D eigenvalue weighted by atomic mass is 10.1. The van der Waals surface area contributed by atoms with E-state index in [1.54, 1.807) is 6.26 Å². The molecule has 0 bridgehead atoms. The number of nitrogens with one attached hydrogen (secondary N) is 1. The summed E-state index contributed by atoms with van der Waals surface area (Å²) in [6.45, 7) is 6.19. The summed E-state index contributed by atoms with van der Waals surface area (Å²) in [5.74, 6) is 0.903. The summed E-state index contributed by atoms with van der Waals surface area (Å²) in [6.07, 6.45) is 4.82. The van der Waals surface area contributed by atoms with Crippen LogP contribution in [0.1, 0.15) is 26.0 Å². The van der Waals surface area contributed by atoms with E-state index in [1.807, 2.05) is 6.07 Å². The van der Waals surface area contributed by atoms with Crippen molar-refractivity contribution < 1.29 is 4.42 Å². The molecular formula is C11H16BrNO. The maximum Gasteiger partial charge on any atom is 0.140 e. The molecule has 0 aliphatic rings. The van der Waals surface area contributed by atoms with Crippen molar-refractivity contribution in [3.63, 3.8) is 0 Å². The van der Waals surface area contributed by atoms with Crippen molar-refractivity contribution >= 4 is 22.0 Å². The maximum atomic E-state index is 5.33. The lowest BCUT2D eigenvalue weighted by Gasteiger charge is -2.04. The number of likely N-dealkylation sites (N-methyl/N-ethyl adjacent to an activating group) is 1. The maximum absolute atomic E-state index is 5.33. The molecule has 2 nitrogen and oxygen atoms in total. The van der Waals surface area contributed by atoms with E-state index >= 15 is 0 Å². The number of furan rings is 1. The van der Waals surface area contributed by atoms with Gasteiger partial charge in [-0.2, -0.15) is 0 Å². The van der Waals surface area contributed by atoms with Crippen molar-refractivity contribution in [2.45, 2.75) is 20.3 Å². The number of halogens is 1. The van der Waals surface area contributed by atoms with Crippen LogP contribution in [0.5, 0.6) is 0 Å². The van der Waals surface area contributed by atoms with Gasteiger partial charge in [-0.05, 0) is 41.0 Å². The van der Waals surface area contributed by atoms with Gasteiger partial charge in [0.2, 0.25) is 0 Å². The van der Waals surface area contributed by atoms with Crippen LogP contribution >= 0.6 is 15.9 Å². The van der Waals surface area contributed by atoms with Gasteiger partial charge < -0.3 is 9.73 Å². The van der Waals surface area contributed by atoms with Crippen molar-refractivity contribution in [1.29, 1.82) is 0 Å². The third-order valence-corrected chi connectivity index (χ3v) is 2.69. The van der Waals surface area contributed by atoms with E-state index in [9.17, 15) is 0 Å². The SMILES string of the molecule is CCNC/C(=C/c1occc1Br)CC. The van der Waals surface area contributed by atoms with Crippen molar-refractivity contribution in [3.05, 3.63) is 28.1 Å². The highest BCUT2D eigenvalue weighted by atomic mass is 79.9. The average Bonchev–Trinajstić information content (AvgIpc) is 2.59. The molecule has 0 radical (unpaired) electrons. The lowest BCUT2D eigenvalue weighted by molar-refractivity contribution is 0.554. The van der Waals surface area contributed by atoms with Crippen LogP contribution in [-0.4, -0.2) is 13.1 Å². The third kappa shape index (κ3) is 3.31. The summed E-state index contributed by atoms with van der Waals surface area (Å²) in [4.78, 5) is 0. The van der Waals surface area contributed by atoms with E-state index in [0.717, 1.165) is 29.7 Å². The smallest absolute Gasteiger partial charge is 0.140 e. The van der Waals surface area contributed by atoms with Gasteiger partial charge in [-0.3, -0.25) is 0 Å². The second kappa shape index (κ2) is 6.04. The Bertz CT molecular complexity index is 304. The molecule has 0 fully saturated rings. The van der Waals surface area contributed by atoms with Crippen molar-refractivity contribution in [3.8, 4) is 0 Å². The molecule has 0 atom stereocenters. The minimum atomic E-state index is 0.903. The van der Waals surface area contributed by atoms with Crippen LogP contribution in [-0.2, 0) is 0 Å². The molecule has 0 saturated carbocycles. The fourth-order valence-electron chi connectivity index (χ4n) is 1.16. The van der Waals surface area contributed by atoms with Crippen molar-refractivity contribution in [2.24, 2.45) is 0 Å². The fraction of sp³-hybridized carbons (Fsp3) is 0.455. The molecule has 0 aromatic carbocycles. The molecule has 1 aromatic rings. The van der Waals surface area contributed by atoms with Gasteiger partial charge >= 0.3 is 0 Å². The van der Waals surface area contributed by atoms with Crippen LogP contribution < -0.4 is 5.32 Å². The molecule has 1 heterocycles. The molecular weight excluding hydrogens is 242 g/mol. The zero-order chi connectivity index (χ0) is 10.4. The molecule has 1 aromatic heterocycles. The zero-order valence-corrected chi connectivity index (χ0v) is 10.2. The highest BCUT2D eigenvalue weighted by Gasteiger charge is 2.01. The normalized spacial score (nSPS) is 12.1. The van der Waals surface area contributed by atoms with Crippen LogP contribution in [0.3, 0.4) is 0 Å². The van der Waals surface area contributed by atoms with Gasteiger partial charge in [0.15, 0.2) is 0 Å². The van der Waals surface area contributed by atoms with E-state index in [-0.39, 0.29) is 0 Å². The standard InChI is InChI=1S/C11H16BrNO/c1-3-9(8-13-4-2)7-11-10(12)5-6-14-11/h5-7,13H,3-4,8H2,1-2H3/b9-7+. The molecule has 1 rings (SSSR count). The minimum absolute atomic E-state index is 0.903. The van der Waals surface area contributed by atoms with Gasteiger partial charge in [0.25, 0.3) is 0 Å². The fourth-order valence-corrected chi connectivity index (χ4v) is 1.47. The van der Waals surface area contributed by atoms with Gasteiger partial charge in [0.05, 0.1) is 10.7 Å². The Kier molecular flexibility index (Phi) is 4.98. The highest BCUT2D eigenvalue weighted by Crippen LogP contribution is 2.20. The first-order chi connectivity index (χ1) is 6.77. The van der Waals surface area contributed by atoms with E-state index in [1.165, 1.54) is 5.57 Å². The van der Waals surface area contributed by atoms with Gasteiger partial charge in [0.1, 0.15) is 5.76 Å². The molecule has 14 heavy (non-hydrogen) atoms. The molecule has 3 heteroatoms. The number of hydrogen-bond donors (Lipinski definition) is 1. The van der Waals surface area contributed by atoms with Crippen LogP contribution in [0.15, 0.2) is 26.8 Å². The average molecular weight is 258 g/mol. The van der Waals surface area contributed by atoms with E-state index in [0.29, 0.717) is 0 Å². The van der Waals surface area contributed by atoms with Gasteiger partial charge in [-0.1, -0.05) is 19.4 Å². The topological polar surface area (TPSA) is 25.2 Å². The van der Waals surface area contributed by atoms with Crippen LogP contribution in [0.4, 0.5) is 0 Å². The predicted octanol–water partition coefficient (Wildman–Crippen LogP) is 3.45. The zero-order valence-electron chi connectivity index (χ0n) is 8.64. The second-order valence-electron chi connectivity index (χ2n) is 3.07. The van der Waals surface area contributed by atoms with Gasteiger partial charge in [0, 0.05) is 6.54 Å². The summed E-state index contributed by atoms with van der Waals surface area (Å²) in [5.41, 5.74) is 1.35. The molecule has 0 unspecified atom stereocenters. The summed E-state index contributed by atoms with van der Waals surface area (Å²) in [7, 11) is 0. The molecule has 1 N–H and O–H groups in total. The second-order valence-corrected chi connectivity index (χ2v) is 3.92. The first-order valence-electron chi connectivity index (χ1n) is 4.91. The Balaban J connectivity index is 2.68. The Morgan fingerprint density at radius 1 is 1.57 bits per heavy atom. The molecule has 0 saturated heterocycles. The van der Waals surface area contributed by atoms with E-state index < -0.39 is 0 Å². The first-order valence-corrected chi connectivity index (χ1v) is 5.70. The molecule has 78 valence electrons. The number of rotatable bonds is 5.